The SMILES string of the molecule is CCOC(=O)[C@@]12CCCN(C(=O)OC(C)(C)C)C[C@@H]1CNC2. The maximum atomic E-state index is 12.5. The van der Waals surface area contributed by atoms with Gasteiger partial charge in [0.1, 0.15) is 5.60 Å². The fourth-order valence-corrected chi connectivity index (χ4v) is 3.39. The van der Waals surface area contributed by atoms with E-state index in [9.17, 15) is 9.59 Å². The topological polar surface area (TPSA) is 67.9 Å². The number of amides is 1. The molecule has 0 saturated carbocycles. The fraction of sp³-hybridized carbons (Fsp3) is 0.875. The van der Waals surface area contributed by atoms with Gasteiger partial charge in [0.25, 0.3) is 0 Å². The molecule has 0 aromatic rings. The van der Waals surface area contributed by atoms with Crippen LogP contribution >= 0.6 is 0 Å². The molecule has 2 heterocycles. The normalized spacial score (nSPS) is 28.7. The second-order valence-electron chi connectivity index (χ2n) is 7.23. The van der Waals surface area contributed by atoms with Crippen molar-refractivity contribution in [2.24, 2.45) is 11.3 Å². The highest BCUT2D eigenvalue weighted by atomic mass is 16.6. The molecule has 0 radical (unpaired) electrons. The minimum absolute atomic E-state index is 0.0848. The van der Waals surface area contributed by atoms with Crippen molar-refractivity contribution in [3.8, 4) is 0 Å². The van der Waals surface area contributed by atoms with E-state index in [2.05, 4.69) is 5.32 Å². The Kier molecular flexibility index (Phi) is 5.00. The summed E-state index contributed by atoms with van der Waals surface area (Å²) in [5.74, 6) is -0.0439. The van der Waals surface area contributed by atoms with Gasteiger partial charge in [-0.3, -0.25) is 4.79 Å². The number of nitrogens with one attached hydrogen (secondary N) is 1. The van der Waals surface area contributed by atoms with E-state index in [0.29, 0.717) is 26.2 Å². The minimum atomic E-state index is -0.504. The molecular formula is C16H28N2O4. The van der Waals surface area contributed by atoms with Gasteiger partial charge in [0.15, 0.2) is 0 Å². The number of likely N-dealkylation sites (tertiary alicyclic amines) is 1. The second-order valence-corrected chi connectivity index (χ2v) is 7.23. The first-order valence-corrected chi connectivity index (χ1v) is 8.14. The molecule has 1 N–H and O–H groups in total. The summed E-state index contributed by atoms with van der Waals surface area (Å²) in [6.07, 6.45) is 1.25. The molecule has 126 valence electrons. The molecule has 2 fully saturated rings. The summed E-state index contributed by atoms with van der Waals surface area (Å²) in [6.45, 7) is 10.4. The van der Waals surface area contributed by atoms with Crippen molar-refractivity contribution in [3.05, 3.63) is 0 Å². The number of esters is 1. The van der Waals surface area contributed by atoms with Gasteiger partial charge in [-0.05, 0) is 40.5 Å². The Morgan fingerprint density at radius 3 is 2.73 bits per heavy atom. The van der Waals surface area contributed by atoms with Crippen molar-refractivity contribution in [3.63, 3.8) is 0 Å². The van der Waals surface area contributed by atoms with E-state index in [0.717, 1.165) is 19.4 Å². The monoisotopic (exact) mass is 312 g/mol. The van der Waals surface area contributed by atoms with Crippen molar-refractivity contribution >= 4 is 12.1 Å². The average Bonchev–Trinajstić information content (AvgIpc) is 2.71. The van der Waals surface area contributed by atoms with Crippen LogP contribution < -0.4 is 5.32 Å². The van der Waals surface area contributed by atoms with E-state index in [4.69, 9.17) is 9.47 Å². The first-order valence-electron chi connectivity index (χ1n) is 8.14. The molecule has 0 aromatic heterocycles. The van der Waals surface area contributed by atoms with E-state index in [1.54, 1.807) is 4.90 Å². The van der Waals surface area contributed by atoms with Crippen molar-refractivity contribution in [2.75, 3.05) is 32.8 Å². The number of carbonyl (C=O) groups excluding carboxylic acids is 2. The van der Waals surface area contributed by atoms with E-state index >= 15 is 0 Å². The number of nitrogens with zero attached hydrogens (tertiary/aromatic N) is 1. The van der Waals surface area contributed by atoms with Gasteiger partial charge < -0.3 is 19.7 Å². The molecule has 0 bridgehead atoms. The zero-order valence-corrected chi connectivity index (χ0v) is 14.1. The lowest BCUT2D eigenvalue weighted by atomic mass is 9.75. The fourth-order valence-electron chi connectivity index (χ4n) is 3.39. The van der Waals surface area contributed by atoms with Crippen LogP contribution in [0.15, 0.2) is 0 Å². The number of fused-ring (bicyclic) bond motifs is 1. The number of hydrogen-bond acceptors (Lipinski definition) is 5. The maximum absolute atomic E-state index is 12.5. The van der Waals surface area contributed by atoms with E-state index in [1.807, 2.05) is 27.7 Å². The van der Waals surface area contributed by atoms with Crippen molar-refractivity contribution in [2.45, 2.75) is 46.1 Å². The smallest absolute Gasteiger partial charge is 0.410 e. The largest absolute Gasteiger partial charge is 0.466 e. The molecule has 0 aromatic carbocycles. The maximum Gasteiger partial charge on any atom is 0.410 e. The third-order valence-electron chi connectivity index (χ3n) is 4.44. The zero-order valence-electron chi connectivity index (χ0n) is 14.1. The van der Waals surface area contributed by atoms with Gasteiger partial charge in [-0.25, -0.2) is 4.79 Å². The summed E-state index contributed by atoms with van der Waals surface area (Å²) in [6, 6.07) is 0. The lowest BCUT2D eigenvalue weighted by Gasteiger charge is -2.32. The summed E-state index contributed by atoms with van der Waals surface area (Å²) >= 11 is 0. The number of ether oxygens (including phenoxy) is 2. The lowest BCUT2D eigenvalue weighted by molar-refractivity contribution is -0.157. The summed E-state index contributed by atoms with van der Waals surface area (Å²) < 4.78 is 10.8. The second kappa shape index (κ2) is 6.44. The molecule has 2 saturated heterocycles. The summed E-state index contributed by atoms with van der Waals surface area (Å²) in [5.41, 5.74) is -0.998. The molecule has 0 unspecified atom stereocenters. The predicted octanol–water partition coefficient (Wildman–Crippen LogP) is 1.79. The Balaban J connectivity index is 2.11. The lowest BCUT2D eigenvalue weighted by Crippen LogP contribution is -2.44. The Morgan fingerprint density at radius 1 is 1.36 bits per heavy atom. The molecule has 1 amide bonds. The van der Waals surface area contributed by atoms with Crippen LogP contribution in [0, 0.1) is 11.3 Å². The molecule has 0 aliphatic carbocycles. The van der Waals surface area contributed by atoms with Crippen molar-refractivity contribution < 1.29 is 19.1 Å². The highest BCUT2D eigenvalue weighted by Gasteiger charge is 2.52. The number of carbonyl (C=O) groups is 2. The van der Waals surface area contributed by atoms with E-state index in [-0.39, 0.29) is 18.0 Å². The van der Waals surface area contributed by atoms with Crippen LogP contribution in [0.1, 0.15) is 40.5 Å². The summed E-state index contributed by atoms with van der Waals surface area (Å²) in [7, 11) is 0. The molecule has 6 heteroatoms. The van der Waals surface area contributed by atoms with Crippen LogP contribution in [0.2, 0.25) is 0 Å². The highest BCUT2D eigenvalue weighted by Crippen LogP contribution is 2.40. The molecule has 22 heavy (non-hydrogen) atoms. The van der Waals surface area contributed by atoms with Crippen LogP contribution in [-0.4, -0.2) is 55.3 Å². The van der Waals surface area contributed by atoms with Crippen LogP contribution in [0.5, 0.6) is 0 Å². The van der Waals surface area contributed by atoms with Crippen LogP contribution in [0.3, 0.4) is 0 Å². The molecule has 0 spiro atoms. The first kappa shape index (κ1) is 17.1. The average molecular weight is 312 g/mol. The molecule has 6 nitrogen and oxygen atoms in total. The quantitative estimate of drug-likeness (QED) is 0.787. The van der Waals surface area contributed by atoms with Crippen molar-refractivity contribution in [1.29, 1.82) is 0 Å². The Bertz CT molecular complexity index is 432. The van der Waals surface area contributed by atoms with Gasteiger partial charge >= 0.3 is 12.1 Å². The first-order chi connectivity index (χ1) is 10.3. The zero-order chi connectivity index (χ0) is 16.4. The Morgan fingerprint density at radius 2 is 2.09 bits per heavy atom. The van der Waals surface area contributed by atoms with Crippen LogP contribution in [-0.2, 0) is 14.3 Å². The number of hydrogen-bond donors (Lipinski definition) is 1. The van der Waals surface area contributed by atoms with Gasteiger partial charge in [-0.2, -0.15) is 0 Å². The van der Waals surface area contributed by atoms with Crippen LogP contribution in [0.4, 0.5) is 4.79 Å². The van der Waals surface area contributed by atoms with Gasteiger partial charge in [0, 0.05) is 32.1 Å². The summed E-state index contributed by atoms with van der Waals surface area (Å²) in [4.78, 5) is 26.5. The van der Waals surface area contributed by atoms with Gasteiger partial charge in [-0.15, -0.1) is 0 Å². The van der Waals surface area contributed by atoms with Crippen molar-refractivity contribution in [1.82, 2.24) is 10.2 Å². The van der Waals surface area contributed by atoms with Gasteiger partial charge in [-0.1, -0.05) is 0 Å². The van der Waals surface area contributed by atoms with E-state index in [1.165, 1.54) is 0 Å². The highest BCUT2D eigenvalue weighted by molar-refractivity contribution is 5.78. The van der Waals surface area contributed by atoms with E-state index < -0.39 is 11.0 Å². The third-order valence-corrected chi connectivity index (χ3v) is 4.44. The van der Waals surface area contributed by atoms with Gasteiger partial charge in [0.05, 0.1) is 12.0 Å². The minimum Gasteiger partial charge on any atom is -0.466 e. The standard InChI is InChI=1S/C16H28N2O4/c1-5-21-13(19)16-7-6-8-18(10-12(16)9-17-11-16)14(20)22-15(2,3)4/h12,17H,5-11H2,1-4H3/t12-,16+/m0/s1. The molecule has 2 atom stereocenters. The Hall–Kier alpha value is -1.30. The molecule has 2 aliphatic heterocycles. The molecular weight excluding hydrogens is 284 g/mol. The molecule has 2 aliphatic rings. The van der Waals surface area contributed by atoms with Crippen LogP contribution in [0.25, 0.3) is 0 Å². The predicted molar refractivity (Wildman–Crippen MR) is 82.5 cm³/mol. The number of rotatable bonds is 2. The summed E-state index contributed by atoms with van der Waals surface area (Å²) in [5, 5.41) is 3.30. The third kappa shape index (κ3) is 3.54. The Labute approximate surface area is 132 Å². The molecule has 2 rings (SSSR count). The van der Waals surface area contributed by atoms with Gasteiger partial charge in [0.2, 0.25) is 0 Å².